The highest BCUT2D eigenvalue weighted by molar-refractivity contribution is 6.35. The Bertz CT molecular complexity index is 704. The Morgan fingerprint density at radius 3 is 2.48 bits per heavy atom. The Kier molecular flexibility index (Phi) is 6.72. The van der Waals surface area contributed by atoms with Gasteiger partial charge in [-0.2, -0.15) is 0 Å². The normalized spacial score (nSPS) is 10.6. The number of hydrogen-bond acceptors (Lipinski definition) is 2. The molecule has 0 radical (unpaired) electrons. The third kappa shape index (κ3) is 5.70. The van der Waals surface area contributed by atoms with Crippen molar-refractivity contribution in [1.82, 2.24) is 5.32 Å². The van der Waals surface area contributed by atoms with Gasteiger partial charge in [-0.25, -0.2) is 0 Å². The molecule has 2 N–H and O–H groups in total. The fourth-order valence-corrected chi connectivity index (χ4v) is 2.75. The molecule has 0 saturated heterocycles. The largest absolute Gasteiger partial charge is 0.325 e. The lowest BCUT2D eigenvalue weighted by atomic mass is 10.1. The van der Waals surface area contributed by atoms with Gasteiger partial charge in [0.05, 0.1) is 6.54 Å². The molecule has 0 bridgehead atoms. The van der Waals surface area contributed by atoms with Crippen LogP contribution in [0.2, 0.25) is 15.1 Å². The first kappa shape index (κ1) is 18.1. The molecule has 0 aliphatic heterocycles. The highest BCUT2D eigenvalue weighted by atomic mass is 35.5. The van der Waals surface area contributed by atoms with Gasteiger partial charge in [-0.05, 0) is 55.3 Å². The van der Waals surface area contributed by atoms with Crippen LogP contribution in [-0.4, -0.2) is 19.0 Å². The molecule has 0 heterocycles. The Morgan fingerprint density at radius 2 is 1.74 bits per heavy atom. The summed E-state index contributed by atoms with van der Waals surface area (Å²) in [5, 5.41) is 7.78. The van der Waals surface area contributed by atoms with Crippen LogP contribution in [0.1, 0.15) is 11.1 Å². The summed E-state index contributed by atoms with van der Waals surface area (Å²) in [6.45, 7) is 2.78. The van der Waals surface area contributed by atoms with E-state index in [2.05, 4.69) is 10.6 Å². The SMILES string of the molecule is Cc1ccc(Cl)cc1NC(=O)CNCCc1ccc(Cl)cc1Cl. The Balaban J connectivity index is 1.77. The molecule has 6 heteroatoms. The standard InChI is InChI=1S/C17H17Cl3N2O/c1-11-2-4-14(19)9-16(11)22-17(23)10-21-7-6-12-3-5-13(18)8-15(12)20/h2-5,8-9,21H,6-7,10H2,1H3,(H,22,23). The molecule has 0 fully saturated rings. The molecule has 0 spiro atoms. The summed E-state index contributed by atoms with van der Waals surface area (Å²) < 4.78 is 0. The third-order valence-electron chi connectivity index (χ3n) is 3.35. The van der Waals surface area contributed by atoms with E-state index in [1.54, 1.807) is 24.3 Å². The summed E-state index contributed by atoms with van der Waals surface area (Å²) in [6, 6.07) is 10.8. The Hall–Kier alpha value is -1.26. The van der Waals surface area contributed by atoms with E-state index in [-0.39, 0.29) is 12.5 Å². The Labute approximate surface area is 150 Å². The van der Waals surface area contributed by atoms with Gasteiger partial charge in [0.25, 0.3) is 0 Å². The van der Waals surface area contributed by atoms with Crippen LogP contribution >= 0.6 is 34.8 Å². The maximum atomic E-state index is 11.9. The minimum atomic E-state index is -0.113. The number of amides is 1. The predicted octanol–water partition coefficient (Wildman–Crippen LogP) is 4.73. The molecular weight excluding hydrogens is 355 g/mol. The molecule has 2 aromatic carbocycles. The Morgan fingerprint density at radius 1 is 1.04 bits per heavy atom. The van der Waals surface area contributed by atoms with Crippen LogP contribution in [0.3, 0.4) is 0 Å². The second kappa shape index (κ2) is 8.55. The van der Waals surface area contributed by atoms with E-state index >= 15 is 0 Å². The van der Waals surface area contributed by atoms with Gasteiger partial charge in [-0.1, -0.05) is 46.9 Å². The molecule has 0 saturated carbocycles. The van der Waals surface area contributed by atoms with E-state index in [1.807, 2.05) is 19.1 Å². The van der Waals surface area contributed by atoms with Crippen molar-refractivity contribution >= 4 is 46.4 Å². The van der Waals surface area contributed by atoms with Crippen molar-refractivity contribution in [3.8, 4) is 0 Å². The molecule has 23 heavy (non-hydrogen) atoms. The van der Waals surface area contributed by atoms with Crippen LogP contribution in [0.5, 0.6) is 0 Å². The minimum Gasteiger partial charge on any atom is -0.325 e. The maximum absolute atomic E-state index is 11.9. The molecule has 2 aromatic rings. The van der Waals surface area contributed by atoms with E-state index in [0.29, 0.717) is 21.6 Å². The number of nitrogens with one attached hydrogen (secondary N) is 2. The fourth-order valence-electron chi connectivity index (χ4n) is 2.07. The number of benzene rings is 2. The van der Waals surface area contributed by atoms with Crippen LogP contribution < -0.4 is 10.6 Å². The van der Waals surface area contributed by atoms with Gasteiger partial charge in [0.2, 0.25) is 5.91 Å². The first-order valence-corrected chi connectivity index (χ1v) is 8.30. The number of rotatable bonds is 6. The van der Waals surface area contributed by atoms with E-state index in [9.17, 15) is 4.79 Å². The fraction of sp³-hybridized carbons (Fsp3) is 0.235. The monoisotopic (exact) mass is 370 g/mol. The topological polar surface area (TPSA) is 41.1 Å². The van der Waals surface area contributed by atoms with Crippen LogP contribution in [0.15, 0.2) is 36.4 Å². The van der Waals surface area contributed by atoms with Crippen LogP contribution in [0.4, 0.5) is 5.69 Å². The molecule has 3 nitrogen and oxygen atoms in total. The molecular formula is C17H17Cl3N2O. The summed E-state index contributed by atoms with van der Waals surface area (Å²) in [4.78, 5) is 11.9. The van der Waals surface area contributed by atoms with Crippen molar-refractivity contribution < 1.29 is 4.79 Å². The van der Waals surface area contributed by atoms with Crippen LogP contribution in [0, 0.1) is 6.92 Å². The van der Waals surface area contributed by atoms with Gasteiger partial charge in [0, 0.05) is 20.8 Å². The van der Waals surface area contributed by atoms with Gasteiger partial charge in [0.15, 0.2) is 0 Å². The predicted molar refractivity (Wildman–Crippen MR) is 97.9 cm³/mol. The smallest absolute Gasteiger partial charge is 0.238 e. The minimum absolute atomic E-state index is 0.113. The summed E-state index contributed by atoms with van der Waals surface area (Å²) in [6.07, 6.45) is 0.722. The lowest BCUT2D eigenvalue weighted by molar-refractivity contribution is -0.115. The number of hydrogen-bond donors (Lipinski definition) is 2. The number of carbonyl (C=O) groups is 1. The molecule has 122 valence electrons. The lowest BCUT2D eigenvalue weighted by Gasteiger charge is -2.10. The first-order valence-electron chi connectivity index (χ1n) is 7.16. The highest BCUT2D eigenvalue weighted by Gasteiger charge is 2.06. The quantitative estimate of drug-likeness (QED) is 0.721. The molecule has 2 rings (SSSR count). The summed E-state index contributed by atoms with van der Waals surface area (Å²) in [5.74, 6) is -0.113. The van der Waals surface area contributed by atoms with Crippen LogP contribution in [0.25, 0.3) is 0 Å². The summed E-state index contributed by atoms with van der Waals surface area (Å²) in [7, 11) is 0. The molecule has 0 aliphatic rings. The zero-order chi connectivity index (χ0) is 16.8. The van der Waals surface area contributed by atoms with Gasteiger partial charge in [0.1, 0.15) is 0 Å². The number of halogens is 3. The van der Waals surface area contributed by atoms with Crippen molar-refractivity contribution in [1.29, 1.82) is 0 Å². The average molecular weight is 372 g/mol. The number of anilines is 1. The zero-order valence-electron chi connectivity index (χ0n) is 12.6. The van der Waals surface area contributed by atoms with E-state index in [0.717, 1.165) is 23.2 Å². The molecule has 0 atom stereocenters. The van der Waals surface area contributed by atoms with Gasteiger partial charge in [-0.15, -0.1) is 0 Å². The summed E-state index contributed by atoms with van der Waals surface area (Å²) in [5.41, 5.74) is 2.69. The number of carbonyl (C=O) groups excluding carboxylic acids is 1. The lowest BCUT2D eigenvalue weighted by Crippen LogP contribution is -2.29. The second-order valence-electron chi connectivity index (χ2n) is 5.17. The highest BCUT2D eigenvalue weighted by Crippen LogP contribution is 2.21. The van der Waals surface area contributed by atoms with Gasteiger partial charge in [-0.3, -0.25) is 4.79 Å². The average Bonchev–Trinajstić information content (AvgIpc) is 2.49. The van der Waals surface area contributed by atoms with Crippen LogP contribution in [-0.2, 0) is 11.2 Å². The summed E-state index contributed by atoms with van der Waals surface area (Å²) >= 11 is 17.9. The van der Waals surface area contributed by atoms with E-state index < -0.39 is 0 Å². The van der Waals surface area contributed by atoms with Crippen molar-refractivity contribution in [3.05, 3.63) is 62.6 Å². The molecule has 1 amide bonds. The second-order valence-corrected chi connectivity index (χ2v) is 6.45. The van der Waals surface area contributed by atoms with E-state index in [1.165, 1.54) is 0 Å². The van der Waals surface area contributed by atoms with E-state index in [4.69, 9.17) is 34.8 Å². The first-order chi connectivity index (χ1) is 11.0. The van der Waals surface area contributed by atoms with Crippen molar-refractivity contribution in [3.63, 3.8) is 0 Å². The molecule has 0 aromatic heterocycles. The van der Waals surface area contributed by atoms with Gasteiger partial charge >= 0.3 is 0 Å². The van der Waals surface area contributed by atoms with Crippen molar-refractivity contribution in [2.75, 3.05) is 18.4 Å². The van der Waals surface area contributed by atoms with Gasteiger partial charge < -0.3 is 10.6 Å². The zero-order valence-corrected chi connectivity index (χ0v) is 14.9. The number of aryl methyl sites for hydroxylation is 1. The van der Waals surface area contributed by atoms with Crippen molar-refractivity contribution in [2.24, 2.45) is 0 Å². The van der Waals surface area contributed by atoms with Crippen molar-refractivity contribution in [2.45, 2.75) is 13.3 Å². The maximum Gasteiger partial charge on any atom is 0.238 e. The molecule has 0 unspecified atom stereocenters. The molecule has 0 aliphatic carbocycles. The third-order valence-corrected chi connectivity index (χ3v) is 4.17.